The van der Waals surface area contributed by atoms with Gasteiger partial charge in [0.25, 0.3) is 0 Å². The number of hydrogen-bond acceptors (Lipinski definition) is 4. The van der Waals surface area contributed by atoms with E-state index in [9.17, 15) is 5.26 Å². The summed E-state index contributed by atoms with van der Waals surface area (Å²) in [7, 11) is 0. The molecular weight excluding hydrogens is 182 g/mol. The van der Waals surface area contributed by atoms with E-state index in [0.29, 0.717) is 5.92 Å². The van der Waals surface area contributed by atoms with Gasteiger partial charge in [0.05, 0.1) is 6.07 Å². The lowest BCUT2D eigenvalue weighted by molar-refractivity contribution is 0.426. The van der Waals surface area contributed by atoms with Gasteiger partial charge in [-0.1, -0.05) is 13.3 Å². The monoisotopic (exact) mass is 193 g/mol. The van der Waals surface area contributed by atoms with Crippen molar-refractivity contribution in [1.29, 1.82) is 5.26 Å². The summed E-state index contributed by atoms with van der Waals surface area (Å²) in [6.07, 6.45) is 3.21. The summed E-state index contributed by atoms with van der Waals surface area (Å²) < 4.78 is 0. The van der Waals surface area contributed by atoms with Crippen molar-refractivity contribution < 1.29 is 0 Å². The third kappa shape index (κ3) is 1.15. The number of nitriles is 1. The van der Waals surface area contributed by atoms with E-state index in [4.69, 9.17) is 0 Å². The van der Waals surface area contributed by atoms with Gasteiger partial charge in [0.1, 0.15) is 15.9 Å². The summed E-state index contributed by atoms with van der Waals surface area (Å²) in [4.78, 5) is 0. The van der Waals surface area contributed by atoms with Crippen LogP contribution in [0.15, 0.2) is 5.51 Å². The minimum absolute atomic E-state index is 0.332. The first kappa shape index (κ1) is 8.64. The van der Waals surface area contributed by atoms with E-state index < -0.39 is 0 Å². The molecule has 0 bridgehead atoms. The Kier molecular flexibility index (Phi) is 2.04. The molecule has 0 aromatic carbocycles. The molecule has 1 aliphatic rings. The van der Waals surface area contributed by atoms with Gasteiger partial charge in [-0.25, -0.2) is 0 Å². The average molecular weight is 193 g/mol. The fourth-order valence-electron chi connectivity index (χ4n) is 2.08. The smallest absolute Gasteiger partial charge is 0.137 e. The average Bonchev–Trinajstić information content (AvgIpc) is 2.73. The molecule has 1 saturated carbocycles. The maximum absolute atomic E-state index is 9.25. The Hall–Kier alpha value is -0.950. The Morgan fingerprint density at radius 2 is 2.62 bits per heavy atom. The predicted octanol–water partition coefficient (Wildman–Crippen LogP) is 2.12. The predicted molar refractivity (Wildman–Crippen MR) is 50.2 cm³/mol. The van der Waals surface area contributed by atoms with Crippen molar-refractivity contribution in [3.05, 3.63) is 10.5 Å². The van der Waals surface area contributed by atoms with E-state index in [-0.39, 0.29) is 5.41 Å². The number of nitrogens with zero attached hydrogens (tertiary/aromatic N) is 3. The van der Waals surface area contributed by atoms with Gasteiger partial charge in [0.15, 0.2) is 0 Å². The lowest BCUT2D eigenvalue weighted by Gasteiger charge is -2.22. The van der Waals surface area contributed by atoms with Crippen LogP contribution in [0.5, 0.6) is 0 Å². The molecule has 13 heavy (non-hydrogen) atoms. The van der Waals surface area contributed by atoms with Crippen molar-refractivity contribution in [2.75, 3.05) is 0 Å². The second kappa shape index (κ2) is 3.08. The van der Waals surface area contributed by atoms with E-state index in [1.54, 1.807) is 5.51 Å². The second-order valence-electron chi connectivity index (χ2n) is 3.62. The highest BCUT2D eigenvalue weighted by atomic mass is 32.1. The molecule has 1 heterocycles. The summed E-state index contributed by atoms with van der Waals surface area (Å²) in [5.74, 6) is 0.422. The second-order valence-corrected chi connectivity index (χ2v) is 4.45. The molecule has 1 aromatic rings. The minimum Gasteiger partial charge on any atom is -0.197 e. The number of rotatable bonds is 1. The summed E-state index contributed by atoms with van der Waals surface area (Å²) in [6.45, 7) is 2.14. The van der Waals surface area contributed by atoms with Crippen molar-refractivity contribution in [2.24, 2.45) is 5.92 Å². The van der Waals surface area contributed by atoms with Gasteiger partial charge in [-0.3, -0.25) is 0 Å². The van der Waals surface area contributed by atoms with E-state index in [1.807, 2.05) is 0 Å². The van der Waals surface area contributed by atoms with Gasteiger partial charge >= 0.3 is 0 Å². The van der Waals surface area contributed by atoms with Gasteiger partial charge in [0, 0.05) is 0 Å². The molecule has 0 saturated heterocycles. The summed E-state index contributed by atoms with van der Waals surface area (Å²) in [6, 6.07) is 2.44. The highest BCUT2D eigenvalue weighted by Gasteiger charge is 2.44. The van der Waals surface area contributed by atoms with E-state index in [1.165, 1.54) is 11.3 Å². The van der Waals surface area contributed by atoms with Gasteiger partial charge < -0.3 is 0 Å². The Bertz CT molecular complexity index is 327. The van der Waals surface area contributed by atoms with Gasteiger partial charge in [-0.05, 0) is 18.8 Å². The van der Waals surface area contributed by atoms with Crippen LogP contribution in [0.25, 0.3) is 0 Å². The first-order valence-corrected chi connectivity index (χ1v) is 5.35. The van der Waals surface area contributed by atoms with Crippen LogP contribution in [-0.2, 0) is 5.41 Å². The molecule has 0 spiro atoms. The first-order chi connectivity index (χ1) is 6.29. The highest BCUT2D eigenvalue weighted by molar-refractivity contribution is 7.09. The normalized spacial score (nSPS) is 33.1. The van der Waals surface area contributed by atoms with Crippen LogP contribution < -0.4 is 0 Å². The SMILES string of the molecule is CC1CCCC1(C#N)c1nncs1. The molecule has 2 atom stereocenters. The van der Waals surface area contributed by atoms with Crippen LogP contribution >= 0.6 is 11.3 Å². The third-order valence-electron chi connectivity index (χ3n) is 2.99. The molecule has 0 amide bonds. The largest absolute Gasteiger partial charge is 0.197 e. The fraction of sp³-hybridized carbons (Fsp3) is 0.667. The van der Waals surface area contributed by atoms with Crippen LogP contribution in [0, 0.1) is 17.2 Å². The van der Waals surface area contributed by atoms with Gasteiger partial charge in [0.2, 0.25) is 0 Å². The Balaban J connectivity index is 2.42. The van der Waals surface area contributed by atoms with Crippen LogP contribution in [0.1, 0.15) is 31.2 Å². The Labute approximate surface area is 81.4 Å². The zero-order valence-corrected chi connectivity index (χ0v) is 8.34. The lowest BCUT2D eigenvalue weighted by Crippen LogP contribution is -2.26. The van der Waals surface area contributed by atoms with Crippen LogP contribution in [-0.4, -0.2) is 10.2 Å². The van der Waals surface area contributed by atoms with Crippen molar-refractivity contribution >= 4 is 11.3 Å². The summed E-state index contributed by atoms with van der Waals surface area (Å²) in [5, 5.41) is 18.0. The van der Waals surface area contributed by atoms with Gasteiger partial charge in [-0.15, -0.1) is 21.5 Å². The molecule has 1 aliphatic carbocycles. The minimum atomic E-state index is -0.332. The molecule has 4 heteroatoms. The number of hydrogen-bond donors (Lipinski definition) is 0. The van der Waals surface area contributed by atoms with Crippen molar-refractivity contribution in [2.45, 2.75) is 31.6 Å². The standard InChI is InChI=1S/C9H11N3S/c1-7-3-2-4-9(7,5-10)8-12-11-6-13-8/h6-7H,2-4H2,1H3. The van der Waals surface area contributed by atoms with Crippen molar-refractivity contribution in [3.63, 3.8) is 0 Å². The quantitative estimate of drug-likeness (QED) is 0.686. The van der Waals surface area contributed by atoms with Crippen molar-refractivity contribution in [1.82, 2.24) is 10.2 Å². The molecule has 1 aromatic heterocycles. The van der Waals surface area contributed by atoms with E-state index >= 15 is 0 Å². The molecule has 0 N–H and O–H groups in total. The molecule has 68 valence electrons. The lowest BCUT2D eigenvalue weighted by atomic mass is 9.81. The number of aromatic nitrogens is 2. The zero-order chi connectivity index (χ0) is 9.31. The molecule has 0 radical (unpaired) electrons. The van der Waals surface area contributed by atoms with E-state index in [0.717, 1.165) is 24.3 Å². The molecular formula is C9H11N3S. The Morgan fingerprint density at radius 3 is 3.08 bits per heavy atom. The molecule has 2 rings (SSSR count). The maximum Gasteiger partial charge on any atom is 0.137 e. The highest BCUT2D eigenvalue weighted by Crippen LogP contribution is 2.45. The maximum atomic E-state index is 9.25. The van der Waals surface area contributed by atoms with Gasteiger partial charge in [-0.2, -0.15) is 5.26 Å². The topological polar surface area (TPSA) is 49.6 Å². The molecule has 0 aliphatic heterocycles. The molecule has 1 fully saturated rings. The van der Waals surface area contributed by atoms with Crippen LogP contribution in [0.4, 0.5) is 0 Å². The fourth-order valence-corrected chi connectivity index (χ4v) is 2.93. The van der Waals surface area contributed by atoms with E-state index in [2.05, 4.69) is 23.2 Å². The van der Waals surface area contributed by atoms with Crippen LogP contribution in [0.2, 0.25) is 0 Å². The summed E-state index contributed by atoms with van der Waals surface area (Å²) >= 11 is 1.50. The zero-order valence-electron chi connectivity index (χ0n) is 7.53. The first-order valence-electron chi connectivity index (χ1n) is 4.47. The van der Waals surface area contributed by atoms with Crippen LogP contribution in [0.3, 0.4) is 0 Å². The molecule has 2 unspecified atom stereocenters. The van der Waals surface area contributed by atoms with Crippen molar-refractivity contribution in [3.8, 4) is 6.07 Å². The third-order valence-corrected chi connectivity index (χ3v) is 3.86. The Morgan fingerprint density at radius 1 is 1.77 bits per heavy atom. The molecule has 3 nitrogen and oxygen atoms in total. The summed E-state index contributed by atoms with van der Waals surface area (Å²) in [5.41, 5.74) is 1.38.